The first-order valence-electron chi connectivity index (χ1n) is 7.14. The molecule has 1 aromatic carbocycles. The van der Waals surface area contributed by atoms with Crippen LogP contribution >= 0.6 is 23.2 Å². The smallest absolute Gasteiger partial charge is 0.255 e. The Labute approximate surface area is 145 Å². The molecule has 0 unspecified atom stereocenters. The van der Waals surface area contributed by atoms with E-state index in [2.05, 4.69) is 11.1 Å². The summed E-state index contributed by atoms with van der Waals surface area (Å²) in [7, 11) is 0. The lowest BCUT2D eigenvalue weighted by atomic mass is 10.1. The Kier molecular flexibility index (Phi) is 5.97. The molecule has 0 N–H and O–H groups in total. The van der Waals surface area contributed by atoms with Crippen LogP contribution in [-0.2, 0) is 6.54 Å². The minimum atomic E-state index is -0.151. The number of halogens is 2. The van der Waals surface area contributed by atoms with E-state index < -0.39 is 0 Å². The molecule has 0 aliphatic carbocycles. The average molecular weight is 348 g/mol. The number of hydrogen-bond donors (Lipinski definition) is 0. The van der Waals surface area contributed by atoms with Gasteiger partial charge in [-0.3, -0.25) is 4.79 Å². The molecule has 4 nitrogen and oxygen atoms in total. The minimum Gasteiger partial charge on any atom is -0.334 e. The van der Waals surface area contributed by atoms with Crippen molar-refractivity contribution in [3.8, 4) is 6.07 Å². The molecule has 0 saturated carbocycles. The van der Waals surface area contributed by atoms with Gasteiger partial charge in [0.1, 0.15) is 5.15 Å². The highest BCUT2D eigenvalue weighted by molar-refractivity contribution is 6.41. The molecule has 23 heavy (non-hydrogen) atoms. The Morgan fingerprint density at radius 2 is 2.00 bits per heavy atom. The molecule has 0 aliphatic rings. The normalized spacial score (nSPS) is 10.2. The van der Waals surface area contributed by atoms with Crippen molar-refractivity contribution in [2.45, 2.75) is 19.9 Å². The van der Waals surface area contributed by atoms with Crippen molar-refractivity contribution in [2.24, 2.45) is 0 Å². The summed E-state index contributed by atoms with van der Waals surface area (Å²) in [6.07, 6.45) is 2.26. The molecule has 0 fully saturated rings. The van der Waals surface area contributed by atoms with Crippen molar-refractivity contribution < 1.29 is 4.79 Å². The van der Waals surface area contributed by atoms with Gasteiger partial charge >= 0.3 is 0 Å². The maximum atomic E-state index is 12.7. The van der Waals surface area contributed by atoms with Gasteiger partial charge in [-0.2, -0.15) is 5.26 Å². The van der Waals surface area contributed by atoms with E-state index >= 15 is 0 Å². The second-order valence-corrected chi connectivity index (χ2v) is 5.80. The number of pyridine rings is 1. The van der Waals surface area contributed by atoms with Gasteiger partial charge in [-0.05, 0) is 30.2 Å². The van der Waals surface area contributed by atoms with Crippen molar-refractivity contribution in [1.82, 2.24) is 9.88 Å². The number of carbonyl (C=O) groups is 1. The summed E-state index contributed by atoms with van der Waals surface area (Å²) >= 11 is 11.7. The average Bonchev–Trinajstić information content (AvgIpc) is 2.57. The van der Waals surface area contributed by atoms with E-state index in [9.17, 15) is 4.79 Å². The third-order valence-electron chi connectivity index (χ3n) is 3.28. The molecular formula is C17H15Cl2N3O. The van der Waals surface area contributed by atoms with Crippen LogP contribution in [0.2, 0.25) is 10.2 Å². The van der Waals surface area contributed by atoms with Crippen LogP contribution in [0, 0.1) is 11.3 Å². The maximum Gasteiger partial charge on any atom is 0.255 e. The topological polar surface area (TPSA) is 57.0 Å². The Balaban J connectivity index is 2.20. The molecule has 0 atom stereocenters. The van der Waals surface area contributed by atoms with Crippen molar-refractivity contribution in [1.29, 1.82) is 5.26 Å². The lowest BCUT2D eigenvalue weighted by Gasteiger charge is -2.22. The van der Waals surface area contributed by atoms with Crippen LogP contribution in [0.25, 0.3) is 0 Å². The number of amides is 1. The Hall–Kier alpha value is -2.09. The molecular weight excluding hydrogens is 333 g/mol. The number of hydrogen-bond acceptors (Lipinski definition) is 3. The Morgan fingerprint density at radius 1 is 1.30 bits per heavy atom. The van der Waals surface area contributed by atoms with E-state index in [1.807, 2.05) is 19.1 Å². The predicted octanol–water partition coefficient (Wildman–Crippen LogP) is 4.31. The standard InChI is InChI=1S/C17H15Cl2N3O/c1-2-7-22(11-13-5-3-12(9-20)4-6-13)17(23)14-8-15(18)16(19)21-10-14/h3-6,8,10H,2,7,11H2,1H3. The van der Waals surface area contributed by atoms with Crippen LogP contribution < -0.4 is 0 Å². The third-order valence-corrected chi connectivity index (χ3v) is 3.97. The van der Waals surface area contributed by atoms with Crippen molar-refractivity contribution in [3.05, 3.63) is 63.4 Å². The van der Waals surface area contributed by atoms with Gasteiger partial charge in [-0.25, -0.2) is 4.98 Å². The number of rotatable bonds is 5. The first kappa shape index (κ1) is 17.3. The van der Waals surface area contributed by atoms with Gasteiger partial charge in [-0.15, -0.1) is 0 Å². The Morgan fingerprint density at radius 3 is 2.57 bits per heavy atom. The highest BCUT2D eigenvalue weighted by Crippen LogP contribution is 2.21. The molecule has 0 bridgehead atoms. The molecule has 2 rings (SSSR count). The zero-order valence-corrected chi connectivity index (χ0v) is 14.1. The second-order valence-electron chi connectivity index (χ2n) is 5.03. The van der Waals surface area contributed by atoms with Crippen molar-refractivity contribution in [2.75, 3.05) is 6.54 Å². The Bertz CT molecular complexity index is 738. The summed E-state index contributed by atoms with van der Waals surface area (Å²) in [5.41, 5.74) is 1.95. The maximum absolute atomic E-state index is 12.7. The molecule has 1 amide bonds. The first-order valence-corrected chi connectivity index (χ1v) is 7.90. The van der Waals surface area contributed by atoms with Gasteiger partial charge in [0, 0.05) is 19.3 Å². The second kappa shape index (κ2) is 7.96. The van der Waals surface area contributed by atoms with E-state index in [0.29, 0.717) is 24.2 Å². The van der Waals surface area contributed by atoms with E-state index in [-0.39, 0.29) is 16.1 Å². The summed E-state index contributed by atoms with van der Waals surface area (Å²) < 4.78 is 0. The van der Waals surface area contributed by atoms with Crippen LogP contribution in [0.5, 0.6) is 0 Å². The van der Waals surface area contributed by atoms with Crippen molar-refractivity contribution in [3.63, 3.8) is 0 Å². The number of nitrogens with zero attached hydrogens (tertiary/aromatic N) is 3. The fraction of sp³-hybridized carbons (Fsp3) is 0.235. The SMILES string of the molecule is CCCN(Cc1ccc(C#N)cc1)C(=O)c1cnc(Cl)c(Cl)c1. The monoisotopic (exact) mass is 347 g/mol. The largest absolute Gasteiger partial charge is 0.334 e. The zero-order valence-electron chi connectivity index (χ0n) is 12.6. The molecule has 0 aliphatic heterocycles. The molecule has 0 saturated heterocycles. The van der Waals surface area contributed by atoms with Gasteiger partial charge in [0.2, 0.25) is 0 Å². The van der Waals surface area contributed by atoms with Crippen LogP contribution in [0.4, 0.5) is 0 Å². The fourth-order valence-electron chi connectivity index (χ4n) is 2.15. The summed E-state index contributed by atoms with van der Waals surface area (Å²) in [6, 6.07) is 10.8. The summed E-state index contributed by atoms with van der Waals surface area (Å²) in [5.74, 6) is -0.151. The summed E-state index contributed by atoms with van der Waals surface area (Å²) in [6.45, 7) is 3.07. The van der Waals surface area contributed by atoms with Crippen LogP contribution in [0.3, 0.4) is 0 Å². The third kappa shape index (κ3) is 4.44. The molecule has 6 heteroatoms. The van der Waals surface area contributed by atoms with E-state index in [0.717, 1.165) is 12.0 Å². The summed E-state index contributed by atoms with van der Waals surface area (Å²) in [5, 5.41) is 9.27. The molecule has 1 aromatic heterocycles. The number of benzene rings is 1. The van der Waals surface area contributed by atoms with Gasteiger partial charge in [0.25, 0.3) is 5.91 Å². The van der Waals surface area contributed by atoms with Crippen molar-refractivity contribution >= 4 is 29.1 Å². The number of nitriles is 1. The number of aromatic nitrogens is 1. The highest BCUT2D eigenvalue weighted by atomic mass is 35.5. The van der Waals surface area contributed by atoms with Crippen LogP contribution in [-0.4, -0.2) is 22.3 Å². The predicted molar refractivity (Wildman–Crippen MR) is 90.4 cm³/mol. The molecule has 2 aromatic rings. The quantitative estimate of drug-likeness (QED) is 0.757. The molecule has 0 radical (unpaired) electrons. The first-order chi connectivity index (χ1) is 11.0. The fourth-order valence-corrected chi connectivity index (χ4v) is 2.42. The van der Waals surface area contributed by atoms with E-state index in [1.165, 1.54) is 12.3 Å². The van der Waals surface area contributed by atoms with E-state index in [4.69, 9.17) is 28.5 Å². The van der Waals surface area contributed by atoms with Crippen LogP contribution in [0.15, 0.2) is 36.5 Å². The molecule has 1 heterocycles. The number of carbonyl (C=O) groups excluding carboxylic acids is 1. The van der Waals surface area contributed by atoms with Gasteiger partial charge in [0.05, 0.1) is 22.2 Å². The molecule has 118 valence electrons. The highest BCUT2D eigenvalue weighted by Gasteiger charge is 2.17. The summed E-state index contributed by atoms with van der Waals surface area (Å²) in [4.78, 5) is 18.3. The lowest BCUT2D eigenvalue weighted by Crippen LogP contribution is -2.31. The lowest BCUT2D eigenvalue weighted by molar-refractivity contribution is 0.0743. The van der Waals surface area contributed by atoms with Gasteiger partial charge in [0.15, 0.2) is 0 Å². The van der Waals surface area contributed by atoms with Gasteiger partial charge < -0.3 is 4.90 Å². The van der Waals surface area contributed by atoms with E-state index in [1.54, 1.807) is 17.0 Å². The zero-order chi connectivity index (χ0) is 16.8. The minimum absolute atomic E-state index is 0.151. The molecule has 0 spiro atoms. The van der Waals surface area contributed by atoms with Gasteiger partial charge in [-0.1, -0.05) is 42.3 Å². The van der Waals surface area contributed by atoms with Crippen LogP contribution in [0.1, 0.15) is 34.8 Å².